The van der Waals surface area contributed by atoms with Crippen molar-refractivity contribution in [3.63, 3.8) is 0 Å². The second-order valence-electron chi connectivity index (χ2n) is 25.9. The van der Waals surface area contributed by atoms with Crippen molar-refractivity contribution in [1.82, 2.24) is 37.2 Å². The van der Waals surface area contributed by atoms with Crippen LogP contribution in [0.4, 0.5) is 0 Å². The summed E-state index contributed by atoms with van der Waals surface area (Å²) >= 11 is 0. The van der Waals surface area contributed by atoms with E-state index in [1.54, 1.807) is 0 Å². The zero-order valence-electron chi connectivity index (χ0n) is 61.5. The Hall–Kier alpha value is -4.71. The number of aliphatic hydroxyl groups excluding tert-OH is 9. The van der Waals surface area contributed by atoms with Crippen molar-refractivity contribution in [3.05, 3.63) is 0 Å². The van der Waals surface area contributed by atoms with Crippen molar-refractivity contribution >= 4 is 41.4 Å². The van der Waals surface area contributed by atoms with E-state index in [2.05, 4.69) is 37.2 Å². The maximum atomic E-state index is 13.8. The van der Waals surface area contributed by atoms with Gasteiger partial charge in [-0.2, -0.15) is 0 Å². The third kappa shape index (κ3) is 40.8. The first-order valence-corrected chi connectivity index (χ1v) is 37.0. The largest absolute Gasteiger partial charge is 0.394 e. The van der Waals surface area contributed by atoms with Crippen LogP contribution in [0.15, 0.2) is 0 Å². The third-order valence-electron chi connectivity index (χ3n) is 16.9. The first kappa shape index (κ1) is 95.5. The average molecular weight is 1540 g/mol. The standard InChI is InChI=1S/C67H126N10O29/c1-2-25-94-33-35-96-37-38-97-36-34-95-29-18-54(87)77-67(42-98-30-15-51(84)74-22-9-19-71-48(81)12-3-6-26-101-64-55(68)61(91)58(88)45(39-78)104-64,43-99-31-16-52(85)75-23-10-20-72-49(82)13-4-7-27-102-65-56(69)62(92)59(89)46(40-79)105-65)44-100-32-17-53(86)76-24-11-21-73-50(83)14-5-8-28-103-66-57(70)63(93)60(90)47(41-80)106-66/h45-47,55-66,78-80,88-93H,2-44,68-70H2,1H3,(H,71,81)(H,72,82)(H,73,83)(H,74,84)(H,75,85)(H,76,86)(H,77,87). The first-order valence-electron chi connectivity index (χ1n) is 37.0. The van der Waals surface area contributed by atoms with E-state index in [4.69, 9.17) is 78.8 Å². The van der Waals surface area contributed by atoms with Crippen molar-refractivity contribution in [2.75, 3.05) is 171 Å². The van der Waals surface area contributed by atoms with Gasteiger partial charge in [-0.3, -0.25) is 33.6 Å². The van der Waals surface area contributed by atoms with Gasteiger partial charge in [-0.25, -0.2) is 0 Å². The van der Waals surface area contributed by atoms with E-state index in [-0.39, 0.29) is 199 Å². The maximum absolute atomic E-state index is 13.8. The lowest BCUT2D eigenvalue weighted by Crippen LogP contribution is -2.62. The predicted molar refractivity (Wildman–Crippen MR) is 374 cm³/mol. The molecule has 0 radical (unpaired) electrons. The van der Waals surface area contributed by atoms with Gasteiger partial charge in [0.2, 0.25) is 41.4 Å². The molecule has 0 bridgehead atoms. The summed E-state index contributed by atoms with van der Waals surface area (Å²) in [5, 5.41) is 108. The fourth-order valence-corrected chi connectivity index (χ4v) is 10.6. The fraction of sp³-hybridized carbons (Fsp3) is 0.896. The van der Waals surface area contributed by atoms with Gasteiger partial charge in [-0.1, -0.05) is 6.92 Å². The molecule has 3 heterocycles. The van der Waals surface area contributed by atoms with Gasteiger partial charge in [-0.15, -0.1) is 0 Å². The van der Waals surface area contributed by atoms with Crippen molar-refractivity contribution in [3.8, 4) is 0 Å². The Bertz CT molecular complexity index is 2160. The Morgan fingerprint density at radius 3 is 0.858 bits per heavy atom. The number of unbranched alkanes of at least 4 members (excludes halogenated alkanes) is 3. The van der Waals surface area contributed by atoms with Gasteiger partial charge in [0.25, 0.3) is 0 Å². The number of carbonyl (C=O) groups is 7. The summed E-state index contributed by atoms with van der Waals surface area (Å²) in [6.07, 6.45) is -9.47. The van der Waals surface area contributed by atoms with Crippen LogP contribution in [-0.4, -0.2) is 356 Å². The summed E-state index contributed by atoms with van der Waals surface area (Å²) in [7, 11) is 0. The topological polar surface area (TPSA) is 584 Å². The average Bonchev–Trinajstić information content (AvgIpc) is 0.834. The van der Waals surface area contributed by atoms with E-state index in [1.165, 1.54) is 0 Å². The van der Waals surface area contributed by atoms with E-state index in [1.807, 2.05) is 6.92 Å². The molecule has 39 nitrogen and oxygen atoms in total. The van der Waals surface area contributed by atoms with E-state index >= 15 is 0 Å². The molecule has 3 aliphatic rings. The summed E-state index contributed by atoms with van der Waals surface area (Å²) in [6, 6.07) is -3.10. The van der Waals surface area contributed by atoms with Gasteiger partial charge in [0, 0.05) is 111 Å². The van der Waals surface area contributed by atoms with Crippen LogP contribution in [0, 0.1) is 0 Å². The lowest BCUT2D eigenvalue weighted by Gasteiger charge is -2.40. The molecular formula is C67H126N10O29. The highest BCUT2D eigenvalue weighted by Gasteiger charge is 2.45. The molecule has 0 saturated carbocycles. The number of nitrogens with two attached hydrogens (primary N) is 3. The monoisotopic (exact) mass is 1530 g/mol. The normalized spacial score (nSPS) is 25.1. The molecule has 3 saturated heterocycles. The number of amides is 7. The number of rotatable bonds is 63. The van der Waals surface area contributed by atoms with Crippen LogP contribution < -0.4 is 54.4 Å². The van der Waals surface area contributed by atoms with Crippen LogP contribution in [0.25, 0.3) is 0 Å². The number of carbonyl (C=O) groups excluding carboxylic acids is 7. The van der Waals surface area contributed by atoms with Crippen LogP contribution >= 0.6 is 0 Å². The molecule has 3 fully saturated rings. The summed E-state index contributed by atoms with van der Waals surface area (Å²) in [5.74, 6) is -2.25. The highest BCUT2D eigenvalue weighted by Crippen LogP contribution is 2.24. The Morgan fingerprint density at radius 1 is 0.321 bits per heavy atom. The summed E-state index contributed by atoms with van der Waals surface area (Å²) in [4.78, 5) is 90.3. The van der Waals surface area contributed by atoms with E-state index < -0.39 is 123 Å². The van der Waals surface area contributed by atoms with Crippen molar-refractivity contribution < 1.29 is 141 Å². The van der Waals surface area contributed by atoms with Gasteiger partial charge in [0.15, 0.2) is 18.9 Å². The van der Waals surface area contributed by atoms with Gasteiger partial charge in [0.1, 0.15) is 60.5 Å². The fourth-order valence-electron chi connectivity index (χ4n) is 10.6. The molecule has 3 rings (SSSR count). The van der Waals surface area contributed by atoms with E-state index in [0.717, 1.165) is 6.42 Å². The molecule has 3 aliphatic heterocycles. The number of hydrogen-bond acceptors (Lipinski definition) is 32. The summed E-state index contributed by atoms with van der Waals surface area (Å²) in [5.41, 5.74) is 16.3. The van der Waals surface area contributed by atoms with Crippen LogP contribution in [0.2, 0.25) is 0 Å². The van der Waals surface area contributed by atoms with E-state index in [0.29, 0.717) is 90.8 Å². The zero-order chi connectivity index (χ0) is 77.7. The maximum Gasteiger partial charge on any atom is 0.222 e. The number of nitrogens with one attached hydrogen (secondary N) is 7. The number of aliphatic hydroxyl groups is 9. The van der Waals surface area contributed by atoms with Crippen LogP contribution in [0.3, 0.4) is 0 Å². The Labute approximate surface area is 619 Å². The highest BCUT2D eigenvalue weighted by atomic mass is 16.7. The minimum absolute atomic E-state index is 0.00108. The third-order valence-corrected chi connectivity index (χ3v) is 16.9. The smallest absolute Gasteiger partial charge is 0.222 e. The van der Waals surface area contributed by atoms with Gasteiger partial charge < -0.3 is 162 Å². The molecule has 0 aliphatic carbocycles. The quantitative estimate of drug-likeness (QED) is 0.0252. The molecule has 15 unspecified atom stereocenters. The van der Waals surface area contributed by atoms with Gasteiger partial charge >= 0.3 is 0 Å². The summed E-state index contributed by atoms with van der Waals surface area (Å²) < 4.78 is 73.4. The lowest BCUT2D eigenvalue weighted by atomic mass is 9.98. The molecule has 15 atom stereocenters. The molecule has 0 aromatic rings. The number of hydrogen-bond donors (Lipinski definition) is 19. The van der Waals surface area contributed by atoms with Gasteiger partial charge in [-0.05, 0) is 64.2 Å². The molecule has 618 valence electrons. The van der Waals surface area contributed by atoms with Crippen LogP contribution in [-0.2, 0) is 95.1 Å². The van der Waals surface area contributed by atoms with Crippen LogP contribution in [0.5, 0.6) is 0 Å². The second kappa shape index (κ2) is 58.2. The molecule has 0 aromatic heterocycles. The summed E-state index contributed by atoms with van der Waals surface area (Å²) in [6.45, 7) is 3.86. The minimum atomic E-state index is -1.45. The first-order chi connectivity index (χ1) is 51.1. The molecule has 7 amide bonds. The second-order valence-corrected chi connectivity index (χ2v) is 25.9. The van der Waals surface area contributed by atoms with Crippen molar-refractivity contribution in [2.45, 2.75) is 214 Å². The molecule has 39 heteroatoms. The van der Waals surface area contributed by atoms with Crippen molar-refractivity contribution in [1.29, 1.82) is 0 Å². The zero-order valence-corrected chi connectivity index (χ0v) is 61.5. The molecule has 0 spiro atoms. The Balaban J connectivity index is 1.52. The predicted octanol–water partition coefficient (Wildman–Crippen LogP) is -7.34. The molecule has 22 N–H and O–H groups in total. The SMILES string of the molecule is CCCOCCOCCOCCOCCC(=O)NC(COCCC(=O)NCCCNC(=O)CCCCOC1OC(CO)C(O)C(O)C1N)(COCCC(=O)NCCCNC(=O)CCCCOC1OC(CO)C(O)C(O)C1N)COCCC(=O)NCCCNC(=O)CCCCOC1OC(CO)C(O)C(O)C1N. The highest BCUT2D eigenvalue weighted by molar-refractivity contribution is 5.78. The van der Waals surface area contributed by atoms with E-state index in [9.17, 15) is 79.5 Å². The molecule has 106 heavy (non-hydrogen) atoms. The van der Waals surface area contributed by atoms with Gasteiger partial charge in [0.05, 0.1) is 124 Å². The Morgan fingerprint density at radius 2 is 0.575 bits per heavy atom. The molecular weight excluding hydrogens is 1410 g/mol. The van der Waals surface area contributed by atoms with Crippen LogP contribution in [0.1, 0.15) is 116 Å². The minimum Gasteiger partial charge on any atom is -0.394 e. The lowest BCUT2D eigenvalue weighted by molar-refractivity contribution is -0.265. The van der Waals surface area contributed by atoms with Crippen molar-refractivity contribution in [2.24, 2.45) is 17.2 Å². The molecule has 0 aromatic carbocycles. The Kier molecular flexibility index (Phi) is 52.5. The number of ether oxygens (including phenoxy) is 13.